The van der Waals surface area contributed by atoms with Gasteiger partial charge in [0.25, 0.3) is 30.4 Å². The van der Waals surface area contributed by atoms with Crippen molar-refractivity contribution in [1.82, 2.24) is 9.78 Å². The molecule has 0 unspecified atom stereocenters. The minimum atomic E-state index is -4.54. The van der Waals surface area contributed by atoms with Gasteiger partial charge in [-0.2, -0.15) is 35.6 Å². The summed E-state index contributed by atoms with van der Waals surface area (Å²) >= 11 is 6.51. The fourth-order valence-corrected chi connectivity index (χ4v) is 7.81. The van der Waals surface area contributed by atoms with Crippen molar-refractivity contribution in [3.8, 4) is 11.8 Å². The number of nitrogens with one attached hydrogen (secondary N) is 1. The van der Waals surface area contributed by atoms with Gasteiger partial charge in [-0.05, 0) is 87.9 Å². The molecule has 1 amide bonds. The summed E-state index contributed by atoms with van der Waals surface area (Å²) in [6, 6.07) is 8.94. The number of halogens is 2. The van der Waals surface area contributed by atoms with Crippen LogP contribution in [0.25, 0.3) is 5.69 Å². The zero-order valence-electron chi connectivity index (χ0n) is 25.0. The lowest BCUT2D eigenvalue weighted by atomic mass is 10.2. The van der Waals surface area contributed by atoms with Gasteiger partial charge in [0.15, 0.2) is 5.82 Å². The van der Waals surface area contributed by atoms with Crippen molar-refractivity contribution in [2.45, 2.75) is 37.5 Å². The molecule has 1 aromatic heterocycles. The maximum atomic E-state index is 12.1. The highest BCUT2D eigenvalue weighted by atomic mass is 79.9. The number of anilines is 2. The molecule has 0 aliphatic carbocycles. The van der Waals surface area contributed by atoms with Crippen LogP contribution < -0.4 is 10.2 Å². The second kappa shape index (κ2) is 16.4. The van der Waals surface area contributed by atoms with Crippen LogP contribution in [-0.2, 0) is 35.1 Å². The maximum absolute atomic E-state index is 12.1. The number of carbonyl (C=O) groups is 1. The van der Waals surface area contributed by atoms with Crippen LogP contribution >= 0.6 is 31.9 Å². The molecule has 17 nitrogen and oxygen atoms in total. The number of nitrogens with zero attached hydrogens (tertiary/aromatic N) is 6. The first-order chi connectivity index (χ1) is 22.3. The molecule has 22 heteroatoms. The van der Waals surface area contributed by atoms with Crippen molar-refractivity contribution in [3.05, 3.63) is 51.0 Å². The molecule has 2 aromatic carbocycles. The summed E-state index contributed by atoms with van der Waals surface area (Å²) in [7, 11) is -12.9. The van der Waals surface area contributed by atoms with Crippen molar-refractivity contribution in [1.29, 1.82) is 5.26 Å². The van der Waals surface area contributed by atoms with Crippen LogP contribution in [-0.4, -0.2) is 79.2 Å². The molecule has 0 saturated heterocycles. The Morgan fingerprint density at radius 3 is 1.98 bits per heavy atom. The first kappa shape index (κ1) is 39.1. The molecule has 3 aromatic rings. The number of aromatic nitrogens is 2. The summed E-state index contributed by atoms with van der Waals surface area (Å²) in [5.74, 6) is -1.40. The zero-order valence-corrected chi connectivity index (χ0v) is 30.6. The van der Waals surface area contributed by atoms with Gasteiger partial charge in [0.2, 0.25) is 5.91 Å². The van der Waals surface area contributed by atoms with E-state index < -0.39 is 52.7 Å². The monoisotopic (exact) mass is 853 g/mol. The van der Waals surface area contributed by atoms with Gasteiger partial charge in [-0.15, -0.1) is 10.2 Å². The van der Waals surface area contributed by atoms with Gasteiger partial charge in [-0.3, -0.25) is 18.5 Å². The van der Waals surface area contributed by atoms with Gasteiger partial charge in [0, 0.05) is 34.6 Å². The Labute approximate surface area is 293 Å². The Balaban J connectivity index is 2.01. The average molecular weight is 856 g/mol. The maximum Gasteiger partial charge on any atom is 0.294 e. The SMILES string of the molecule is CC(=O)Nc1cc(N(CCCCS(=O)(=O)O)CCCCS(=O)(=O)O)ccc1N=Nc1c(C#N)cnn1-c1c(Br)cc(S(=O)(=O)O)cc1Br. The summed E-state index contributed by atoms with van der Waals surface area (Å²) in [6.07, 6.45) is 2.18. The number of carbonyl (C=O) groups excluding carboxylic acids is 1. The lowest BCUT2D eigenvalue weighted by Crippen LogP contribution is -2.26. The minimum absolute atomic E-state index is 0.00457. The molecule has 0 aliphatic rings. The average Bonchev–Trinajstić information content (AvgIpc) is 3.35. The second-order valence-corrected chi connectivity index (χ2v) is 16.4. The number of hydrogen-bond donors (Lipinski definition) is 4. The molecule has 0 saturated carbocycles. The molecule has 4 N–H and O–H groups in total. The third-order valence-electron chi connectivity index (χ3n) is 6.43. The van der Waals surface area contributed by atoms with Crippen molar-refractivity contribution in [2.75, 3.05) is 34.8 Å². The third kappa shape index (κ3) is 11.7. The molecule has 0 bridgehead atoms. The molecule has 1 heterocycles. The number of amides is 1. The van der Waals surface area contributed by atoms with E-state index in [1.807, 2.05) is 11.0 Å². The molecular formula is C26H29Br2N7O10S3. The normalized spacial score (nSPS) is 12.3. The summed E-state index contributed by atoms with van der Waals surface area (Å²) in [5.41, 5.74) is 1.13. The minimum Gasteiger partial charge on any atom is -0.371 e. The largest absolute Gasteiger partial charge is 0.371 e. The van der Waals surface area contributed by atoms with Crippen LogP contribution in [0.4, 0.5) is 22.9 Å². The van der Waals surface area contributed by atoms with E-state index in [0.29, 0.717) is 31.6 Å². The first-order valence-corrected chi connectivity index (χ1v) is 20.0. The van der Waals surface area contributed by atoms with Crippen molar-refractivity contribution in [3.63, 3.8) is 0 Å². The first-order valence-electron chi connectivity index (χ1n) is 13.7. The molecule has 0 aliphatic heterocycles. The fraction of sp³-hybridized carbons (Fsp3) is 0.346. The van der Waals surface area contributed by atoms with E-state index in [9.17, 15) is 39.9 Å². The van der Waals surface area contributed by atoms with E-state index in [-0.39, 0.29) is 50.2 Å². The topological polar surface area (TPSA) is 262 Å². The fourth-order valence-electron chi connectivity index (χ4n) is 4.32. The van der Waals surface area contributed by atoms with E-state index in [2.05, 4.69) is 52.5 Å². The van der Waals surface area contributed by atoms with E-state index >= 15 is 0 Å². The van der Waals surface area contributed by atoms with Crippen LogP contribution in [0.2, 0.25) is 0 Å². The summed E-state index contributed by atoms with van der Waals surface area (Å²) in [4.78, 5) is 13.5. The lowest BCUT2D eigenvalue weighted by Gasteiger charge is -2.26. The molecule has 0 fully saturated rings. The number of rotatable bonds is 16. The van der Waals surface area contributed by atoms with Gasteiger partial charge in [-0.25, -0.2) is 4.68 Å². The Morgan fingerprint density at radius 2 is 1.50 bits per heavy atom. The molecule has 0 atom stereocenters. The van der Waals surface area contributed by atoms with Crippen LogP contribution in [0.3, 0.4) is 0 Å². The molecule has 260 valence electrons. The number of hydrogen-bond acceptors (Lipinski definition) is 12. The Bertz CT molecular complexity index is 2020. The van der Waals surface area contributed by atoms with Crippen molar-refractivity contribution >= 4 is 91.0 Å². The van der Waals surface area contributed by atoms with Crippen LogP contribution in [0, 0.1) is 11.3 Å². The lowest BCUT2D eigenvalue weighted by molar-refractivity contribution is -0.114. The van der Waals surface area contributed by atoms with Crippen LogP contribution in [0.1, 0.15) is 38.2 Å². The molecule has 48 heavy (non-hydrogen) atoms. The van der Waals surface area contributed by atoms with Gasteiger partial charge >= 0.3 is 0 Å². The van der Waals surface area contributed by atoms with Gasteiger partial charge in [0.05, 0.1) is 34.0 Å². The molecule has 0 spiro atoms. The number of azo groups is 1. The van der Waals surface area contributed by atoms with Gasteiger partial charge < -0.3 is 10.2 Å². The quantitative estimate of drug-likeness (QED) is 0.0838. The standard InChI is InChI=1S/C26H29Br2N7O10S3/c1-17(36)31-24-12-19(34(8-2-4-10-46(37,38)39)9-3-5-11-47(40,41)42)6-7-23(24)32-33-26-18(15-29)16-30-35(26)25-21(27)13-20(14-22(25)28)48(43,44)45/h6-7,12-14,16H,2-5,8-11H2,1H3,(H,31,36)(H,37,38,39)(H,40,41,42)(H,43,44,45). The number of unbranched alkanes of at least 4 members (excludes halogenated alkanes) is 2. The molecule has 0 radical (unpaired) electrons. The summed E-state index contributed by atoms with van der Waals surface area (Å²) in [6.45, 7) is 1.86. The molecular weight excluding hydrogens is 826 g/mol. The highest BCUT2D eigenvalue weighted by molar-refractivity contribution is 9.11. The molecule has 3 rings (SSSR count). The van der Waals surface area contributed by atoms with Gasteiger partial charge in [-0.1, -0.05) is 0 Å². The van der Waals surface area contributed by atoms with Gasteiger partial charge in [0.1, 0.15) is 17.3 Å². The highest BCUT2D eigenvalue weighted by Crippen LogP contribution is 2.37. The predicted octanol–water partition coefficient (Wildman–Crippen LogP) is 5.03. The van der Waals surface area contributed by atoms with E-state index in [4.69, 9.17) is 9.11 Å². The summed E-state index contributed by atoms with van der Waals surface area (Å²) < 4.78 is 97.0. The van der Waals surface area contributed by atoms with Crippen molar-refractivity contribution in [2.24, 2.45) is 10.2 Å². The van der Waals surface area contributed by atoms with Crippen LogP contribution in [0.15, 0.2) is 60.6 Å². The van der Waals surface area contributed by atoms with E-state index in [1.54, 1.807) is 12.1 Å². The van der Waals surface area contributed by atoms with Crippen LogP contribution in [0.5, 0.6) is 0 Å². The third-order valence-corrected chi connectivity index (χ3v) is 10.1. The summed E-state index contributed by atoms with van der Waals surface area (Å²) in [5, 5.41) is 25.0. The van der Waals surface area contributed by atoms with E-state index in [0.717, 1.165) is 12.1 Å². The smallest absolute Gasteiger partial charge is 0.294 e. The zero-order chi connectivity index (χ0) is 35.9. The van der Waals surface area contributed by atoms with E-state index in [1.165, 1.54) is 23.9 Å². The second-order valence-electron chi connectivity index (χ2n) is 10.2. The number of nitriles is 1. The highest BCUT2D eigenvalue weighted by Gasteiger charge is 2.21. The Morgan fingerprint density at radius 1 is 0.938 bits per heavy atom. The van der Waals surface area contributed by atoms with Crippen molar-refractivity contribution < 1.29 is 43.7 Å². The Hall–Kier alpha value is -3.30. The number of benzene rings is 2. The Kier molecular flexibility index (Phi) is 13.4. The predicted molar refractivity (Wildman–Crippen MR) is 182 cm³/mol.